The zero-order chi connectivity index (χ0) is 14.7. The maximum atomic E-state index is 6.45. The zero-order valence-electron chi connectivity index (χ0n) is 11.8. The van der Waals surface area contributed by atoms with Crippen molar-refractivity contribution in [2.75, 3.05) is 13.2 Å². The van der Waals surface area contributed by atoms with Crippen LogP contribution in [0.3, 0.4) is 0 Å². The number of benzene rings is 1. The summed E-state index contributed by atoms with van der Waals surface area (Å²) >= 11 is 16.4. The van der Waals surface area contributed by atoms with Crippen molar-refractivity contribution in [3.63, 3.8) is 0 Å². The molecule has 3 aliphatic rings. The molecule has 2 nitrogen and oxygen atoms in total. The second kappa shape index (κ2) is 5.10. The molecule has 1 aromatic carbocycles. The fourth-order valence-corrected chi connectivity index (χ4v) is 6.11. The average molecular weight is 392 g/mol. The summed E-state index contributed by atoms with van der Waals surface area (Å²) in [5.41, 5.74) is 1.38. The minimum Gasteiger partial charge on any atom is -0.318 e. The summed E-state index contributed by atoms with van der Waals surface area (Å²) < 4.78 is 7.34. The van der Waals surface area contributed by atoms with Gasteiger partial charge in [0.1, 0.15) is 18.7 Å². The summed E-state index contributed by atoms with van der Waals surface area (Å²) in [7, 11) is 0. The predicted molar refractivity (Wildman–Crippen MR) is 88.8 cm³/mol. The Bertz CT molecular complexity index is 575. The Kier molecular flexibility index (Phi) is 3.59. The molecule has 21 heavy (non-hydrogen) atoms. The van der Waals surface area contributed by atoms with E-state index in [4.69, 9.17) is 27.9 Å². The van der Waals surface area contributed by atoms with Gasteiger partial charge in [-0.25, -0.2) is 0 Å². The molecule has 114 valence electrons. The maximum absolute atomic E-state index is 6.45. The summed E-state index contributed by atoms with van der Waals surface area (Å²) in [4.78, 5) is 0.495. The predicted octanol–water partition coefficient (Wildman–Crippen LogP) is 5.28. The number of fused-ring (bicyclic) bond motifs is 1. The van der Waals surface area contributed by atoms with Crippen LogP contribution >= 0.6 is 39.1 Å². The Hall–Kier alpha value is 0.200. The van der Waals surface area contributed by atoms with Crippen LogP contribution in [0.1, 0.15) is 43.9 Å². The van der Waals surface area contributed by atoms with Crippen LogP contribution in [0.2, 0.25) is 10.0 Å². The van der Waals surface area contributed by atoms with Gasteiger partial charge in [-0.15, -0.1) is 0 Å². The van der Waals surface area contributed by atoms with Gasteiger partial charge in [0.15, 0.2) is 4.95 Å². The first kappa shape index (κ1) is 14.8. The third-order valence-electron chi connectivity index (χ3n) is 5.64. The molecular weight excluding hydrogens is 373 g/mol. The molecule has 2 spiro atoms. The summed E-state index contributed by atoms with van der Waals surface area (Å²) in [5, 5.41) is 1.41. The standard InChI is InChI=1S/C16H19BrCl2NO/c17-14-9-20(14)15(12-5-4-11(18)8-13(12)19)21-10-16(20)6-2-1-3-7-16/h4-5,8,14-15H,1-3,6-7,9-10H2/q+1. The Morgan fingerprint density at radius 2 is 1.90 bits per heavy atom. The van der Waals surface area contributed by atoms with Crippen LogP contribution in [0.15, 0.2) is 18.2 Å². The summed E-state index contributed by atoms with van der Waals surface area (Å²) in [6.07, 6.45) is 6.61. The van der Waals surface area contributed by atoms with Gasteiger partial charge in [0.2, 0.25) is 6.23 Å². The first-order valence-electron chi connectivity index (χ1n) is 7.67. The topological polar surface area (TPSA) is 9.23 Å². The lowest BCUT2D eigenvalue weighted by Crippen LogP contribution is -2.51. The minimum absolute atomic E-state index is 0.0530. The highest BCUT2D eigenvalue weighted by Crippen LogP contribution is 2.62. The van der Waals surface area contributed by atoms with Crippen molar-refractivity contribution in [2.24, 2.45) is 0 Å². The van der Waals surface area contributed by atoms with E-state index in [1.165, 1.54) is 32.1 Å². The van der Waals surface area contributed by atoms with Crippen LogP contribution < -0.4 is 0 Å². The summed E-state index contributed by atoms with van der Waals surface area (Å²) in [5.74, 6) is 0. The largest absolute Gasteiger partial charge is 0.318 e. The number of halogens is 3. The number of hydrogen-bond donors (Lipinski definition) is 0. The third kappa shape index (κ3) is 2.05. The Labute approximate surface area is 144 Å². The van der Waals surface area contributed by atoms with E-state index in [2.05, 4.69) is 15.9 Å². The van der Waals surface area contributed by atoms with Crippen molar-refractivity contribution >= 4 is 39.1 Å². The molecule has 4 rings (SSSR count). The van der Waals surface area contributed by atoms with Gasteiger partial charge in [0.25, 0.3) is 0 Å². The van der Waals surface area contributed by atoms with Crippen molar-refractivity contribution in [1.82, 2.24) is 0 Å². The average Bonchev–Trinajstić information content (AvgIpc) is 3.06. The van der Waals surface area contributed by atoms with Crippen molar-refractivity contribution < 1.29 is 9.22 Å². The van der Waals surface area contributed by atoms with E-state index in [1.54, 1.807) is 0 Å². The SMILES string of the molecule is Clc1ccc(C2OCC3(CCCCC3)[N+]23CC3Br)c(Cl)c1. The highest BCUT2D eigenvalue weighted by molar-refractivity contribution is 9.09. The second-order valence-electron chi connectivity index (χ2n) is 6.66. The van der Waals surface area contributed by atoms with Crippen LogP contribution in [0.4, 0.5) is 0 Å². The molecule has 2 heterocycles. The van der Waals surface area contributed by atoms with E-state index in [0.29, 0.717) is 15.5 Å². The molecule has 2 saturated heterocycles. The first-order valence-corrected chi connectivity index (χ1v) is 9.34. The first-order chi connectivity index (χ1) is 10.1. The molecule has 1 aliphatic carbocycles. The highest BCUT2D eigenvalue weighted by atomic mass is 79.9. The highest BCUT2D eigenvalue weighted by Gasteiger charge is 2.74. The number of quaternary nitrogens is 1. The molecule has 5 heteroatoms. The van der Waals surface area contributed by atoms with E-state index in [-0.39, 0.29) is 6.23 Å². The lowest BCUT2D eigenvalue weighted by Gasteiger charge is -2.39. The van der Waals surface area contributed by atoms with E-state index in [0.717, 1.165) is 28.2 Å². The van der Waals surface area contributed by atoms with Crippen molar-refractivity contribution in [1.29, 1.82) is 0 Å². The molecular formula is C16H19BrCl2NO+. The molecule has 3 atom stereocenters. The van der Waals surface area contributed by atoms with Gasteiger partial charge in [0.05, 0.1) is 10.6 Å². The van der Waals surface area contributed by atoms with Crippen LogP contribution in [0.25, 0.3) is 0 Å². The molecule has 3 fully saturated rings. The van der Waals surface area contributed by atoms with Crippen molar-refractivity contribution in [2.45, 2.75) is 48.8 Å². The van der Waals surface area contributed by atoms with E-state index in [9.17, 15) is 0 Å². The van der Waals surface area contributed by atoms with Crippen LogP contribution in [0, 0.1) is 0 Å². The smallest absolute Gasteiger partial charge is 0.223 e. The van der Waals surface area contributed by atoms with Gasteiger partial charge >= 0.3 is 0 Å². The molecule has 0 N–H and O–H groups in total. The number of hydrogen-bond acceptors (Lipinski definition) is 1. The fourth-order valence-electron chi connectivity index (χ4n) is 4.48. The minimum atomic E-state index is 0.0530. The van der Waals surface area contributed by atoms with Crippen LogP contribution in [-0.2, 0) is 4.74 Å². The van der Waals surface area contributed by atoms with Gasteiger partial charge in [-0.3, -0.25) is 4.48 Å². The van der Waals surface area contributed by atoms with Crippen molar-refractivity contribution in [3.8, 4) is 0 Å². The lowest BCUT2D eigenvalue weighted by molar-refractivity contribution is -0.889. The number of ether oxygens (including phenoxy) is 1. The molecule has 3 unspecified atom stereocenters. The Morgan fingerprint density at radius 3 is 2.52 bits per heavy atom. The zero-order valence-corrected chi connectivity index (χ0v) is 14.9. The summed E-state index contributed by atoms with van der Waals surface area (Å²) in [6, 6.07) is 5.79. The quantitative estimate of drug-likeness (QED) is 0.274. The monoisotopic (exact) mass is 390 g/mol. The van der Waals surface area contributed by atoms with Crippen LogP contribution in [-0.4, -0.2) is 28.1 Å². The number of nitrogens with zero attached hydrogens (tertiary/aromatic N) is 1. The van der Waals surface area contributed by atoms with Gasteiger partial charge in [0, 0.05) is 17.9 Å². The fraction of sp³-hybridized carbons (Fsp3) is 0.625. The molecule has 0 radical (unpaired) electrons. The van der Waals surface area contributed by atoms with Gasteiger partial charge in [-0.05, 0) is 47.0 Å². The molecule has 0 amide bonds. The molecule has 1 saturated carbocycles. The third-order valence-corrected chi connectivity index (χ3v) is 7.23. The van der Waals surface area contributed by atoms with E-state index in [1.807, 2.05) is 18.2 Å². The van der Waals surface area contributed by atoms with E-state index >= 15 is 0 Å². The maximum Gasteiger partial charge on any atom is 0.223 e. The second-order valence-corrected chi connectivity index (χ2v) is 8.56. The summed E-state index contributed by atoms with van der Waals surface area (Å²) in [6.45, 7) is 2.00. The van der Waals surface area contributed by atoms with Gasteiger partial charge < -0.3 is 4.74 Å². The van der Waals surface area contributed by atoms with Crippen LogP contribution in [0.5, 0.6) is 0 Å². The molecule has 1 aromatic rings. The molecule has 0 aromatic heterocycles. The van der Waals surface area contributed by atoms with E-state index < -0.39 is 0 Å². The normalized spacial score (nSPS) is 37.3. The number of alkyl halides is 1. The van der Waals surface area contributed by atoms with Crippen molar-refractivity contribution in [3.05, 3.63) is 33.8 Å². The molecule has 0 bridgehead atoms. The Balaban J connectivity index is 1.74. The Morgan fingerprint density at radius 1 is 1.19 bits per heavy atom. The lowest BCUT2D eigenvalue weighted by atomic mass is 9.81. The molecule has 2 aliphatic heterocycles. The van der Waals surface area contributed by atoms with Gasteiger partial charge in [-0.2, -0.15) is 0 Å². The number of rotatable bonds is 1. The van der Waals surface area contributed by atoms with Gasteiger partial charge in [-0.1, -0.05) is 29.6 Å².